The van der Waals surface area contributed by atoms with E-state index in [1.54, 1.807) is 7.11 Å². The van der Waals surface area contributed by atoms with Gasteiger partial charge in [0, 0.05) is 38.0 Å². The minimum absolute atomic E-state index is 0.565. The van der Waals surface area contributed by atoms with Gasteiger partial charge in [-0.15, -0.1) is 0 Å². The van der Waals surface area contributed by atoms with Crippen LogP contribution < -0.4 is 10.2 Å². The minimum Gasteiger partial charge on any atom is -0.380 e. The first kappa shape index (κ1) is 13.4. The molecule has 0 aromatic heterocycles. The molecule has 0 amide bonds. The molecule has 1 aliphatic heterocycles. The lowest BCUT2D eigenvalue weighted by Crippen LogP contribution is -2.37. The Balaban J connectivity index is 1.98. The molecule has 100 valence electrons. The molecule has 18 heavy (non-hydrogen) atoms. The van der Waals surface area contributed by atoms with Gasteiger partial charge in [0.05, 0.1) is 6.61 Å². The average Bonchev–Trinajstić information content (AvgIpc) is 2.77. The molecule has 0 saturated carbocycles. The van der Waals surface area contributed by atoms with Crippen LogP contribution in [0.25, 0.3) is 0 Å². The molecule has 1 fully saturated rings. The lowest BCUT2D eigenvalue weighted by Gasteiger charge is -2.20. The van der Waals surface area contributed by atoms with E-state index in [4.69, 9.17) is 4.74 Å². The van der Waals surface area contributed by atoms with E-state index in [2.05, 4.69) is 48.3 Å². The zero-order chi connectivity index (χ0) is 13.0. The molecule has 1 unspecified atom stereocenters. The molecule has 0 radical (unpaired) electrons. The second-order valence-electron chi connectivity index (χ2n) is 5.36. The Bertz CT molecular complexity index is 379. The topological polar surface area (TPSA) is 24.5 Å². The van der Waals surface area contributed by atoms with Gasteiger partial charge in [0.1, 0.15) is 0 Å². The maximum atomic E-state index is 5.19. The van der Waals surface area contributed by atoms with Gasteiger partial charge in [-0.25, -0.2) is 0 Å². The van der Waals surface area contributed by atoms with Crippen LogP contribution in [0, 0.1) is 0 Å². The molecule has 1 N–H and O–H groups in total. The van der Waals surface area contributed by atoms with Crippen LogP contribution >= 0.6 is 0 Å². The van der Waals surface area contributed by atoms with E-state index in [1.807, 2.05) is 0 Å². The van der Waals surface area contributed by atoms with Gasteiger partial charge in [0.15, 0.2) is 0 Å². The van der Waals surface area contributed by atoms with Crippen molar-refractivity contribution >= 4 is 5.69 Å². The van der Waals surface area contributed by atoms with Gasteiger partial charge in [-0.3, -0.25) is 0 Å². The van der Waals surface area contributed by atoms with Gasteiger partial charge in [-0.1, -0.05) is 26.0 Å². The Hall–Kier alpha value is -1.06. The molecule has 2 rings (SSSR count). The van der Waals surface area contributed by atoms with Crippen molar-refractivity contribution in [2.75, 3.05) is 25.1 Å². The molecular weight excluding hydrogens is 224 g/mol. The smallest absolute Gasteiger partial charge is 0.0713 e. The molecule has 0 aliphatic carbocycles. The zero-order valence-corrected chi connectivity index (χ0v) is 11.6. The first-order valence-electron chi connectivity index (χ1n) is 6.78. The average molecular weight is 248 g/mol. The second kappa shape index (κ2) is 6.21. The summed E-state index contributed by atoms with van der Waals surface area (Å²) in [7, 11) is 1.74. The predicted molar refractivity (Wildman–Crippen MR) is 76.0 cm³/mol. The fraction of sp³-hybridized carbons (Fsp3) is 0.600. The van der Waals surface area contributed by atoms with E-state index in [-0.39, 0.29) is 0 Å². The van der Waals surface area contributed by atoms with E-state index in [0.717, 1.165) is 13.1 Å². The largest absolute Gasteiger partial charge is 0.380 e. The molecule has 0 bridgehead atoms. The van der Waals surface area contributed by atoms with Crippen molar-refractivity contribution in [2.24, 2.45) is 0 Å². The number of hydrogen-bond acceptors (Lipinski definition) is 3. The first-order valence-corrected chi connectivity index (χ1v) is 6.78. The summed E-state index contributed by atoms with van der Waals surface area (Å²) in [5.41, 5.74) is 2.56. The molecule has 3 nitrogen and oxygen atoms in total. The molecule has 1 aromatic carbocycles. The molecule has 1 heterocycles. The maximum Gasteiger partial charge on any atom is 0.0713 e. The van der Waals surface area contributed by atoms with E-state index in [0.29, 0.717) is 18.7 Å². The Morgan fingerprint density at radius 1 is 1.44 bits per heavy atom. The van der Waals surface area contributed by atoms with Crippen LogP contribution in [-0.4, -0.2) is 32.3 Å². The number of ether oxygens (including phenoxy) is 1. The molecule has 3 heteroatoms. The van der Waals surface area contributed by atoms with Gasteiger partial charge in [0.25, 0.3) is 0 Å². The summed E-state index contributed by atoms with van der Waals surface area (Å²) >= 11 is 0. The molecule has 1 atom stereocenters. The van der Waals surface area contributed by atoms with Gasteiger partial charge in [0.2, 0.25) is 0 Å². The van der Waals surface area contributed by atoms with Crippen LogP contribution in [0.2, 0.25) is 0 Å². The van der Waals surface area contributed by atoms with Crippen LogP contribution in [0.3, 0.4) is 0 Å². The number of benzene rings is 1. The lowest BCUT2D eigenvalue weighted by molar-refractivity contribution is 0.185. The summed E-state index contributed by atoms with van der Waals surface area (Å²) in [6.45, 7) is 7.36. The van der Waals surface area contributed by atoms with Crippen LogP contribution in [0.4, 0.5) is 5.69 Å². The maximum absolute atomic E-state index is 5.19. The highest BCUT2D eigenvalue weighted by Crippen LogP contribution is 2.22. The van der Waals surface area contributed by atoms with Gasteiger partial charge in [-0.05, 0) is 24.1 Å². The van der Waals surface area contributed by atoms with Crippen molar-refractivity contribution in [3.63, 3.8) is 0 Å². The molecule has 1 aromatic rings. The normalized spacial score (nSPS) is 19.8. The number of rotatable bonds is 5. The lowest BCUT2D eigenvalue weighted by atomic mass is 10.2. The quantitative estimate of drug-likeness (QED) is 0.866. The monoisotopic (exact) mass is 248 g/mol. The molecule has 0 spiro atoms. The SMILES string of the molecule is COCc1cccc(N2CCC(NC(C)C)C2)c1. The fourth-order valence-corrected chi connectivity index (χ4v) is 2.61. The second-order valence-corrected chi connectivity index (χ2v) is 5.36. The van der Waals surface area contributed by atoms with Crippen molar-refractivity contribution in [1.29, 1.82) is 0 Å². The summed E-state index contributed by atoms with van der Waals surface area (Å²) in [5.74, 6) is 0. The minimum atomic E-state index is 0.565. The predicted octanol–water partition coefficient (Wildman–Crippen LogP) is 2.41. The summed E-state index contributed by atoms with van der Waals surface area (Å²) < 4.78 is 5.19. The van der Waals surface area contributed by atoms with E-state index in [1.165, 1.54) is 17.7 Å². The number of nitrogens with zero attached hydrogens (tertiary/aromatic N) is 1. The summed E-state index contributed by atoms with van der Waals surface area (Å²) in [6, 6.07) is 9.85. The highest BCUT2D eigenvalue weighted by atomic mass is 16.5. The third-order valence-electron chi connectivity index (χ3n) is 3.34. The van der Waals surface area contributed by atoms with Crippen LogP contribution in [0.5, 0.6) is 0 Å². The summed E-state index contributed by atoms with van der Waals surface area (Å²) in [6.07, 6.45) is 1.23. The number of nitrogens with one attached hydrogen (secondary N) is 1. The Kier molecular flexibility index (Phi) is 4.61. The Labute approximate surface area is 110 Å². The van der Waals surface area contributed by atoms with Crippen LogP contribution in [0.15, 0.2) is 24.3 Å². The highest BCUT2D eigenvalue weighted by Gasteiger charge is 2.22. The van der Waals surface area contributed by atoms with Crippen LogP contribution in [0.1, 0.15) is 25.8 Å². The number of anilines is 1. The Morgan fingerprint density at radius 2 is 2.28 bits per heavy atom. The van der Waals surface area contributed by atoms with Crippen molar-refractivity contribution in [2.45, 2.75) is 39.0 Å². The molecule has 1 aliphatic rings. The van der Waals surface area contributed by atoms with E-state index >= 15 is 0 Å². The fourth-order valence-electron chi connectivity index (χ4n) is 2.61. The first-order chi connectivity index (χ1) is 8.69. The van der Waals surface area contributed by atoms with Crippen molar-refractivity contribution in [3.8, 4) is 0 Å². The van der Waals surface area contributed by atoms with Crippen LogP contribution in [-0.2, 0) is 11.3 Å². The van der Waals surface area contributed by atoms with Gasteiger partial charge >= 0.3 is 0 Å². The summed E-state index contributed by atoms with van der Waals surface area (Å²) in [4.78, 5) is 2.46. The standard InChI is InChI=1S/C15H24N2O/c1-12(2)16-14-7-8-17(10-14)15-6-4-5-13(9-15)11-18-3/h4-6,9,12,14,16H,7-8,10-11H2,1-3H3. The van der Waals surface area contributed by atoms with E-state index in [9.17, 15) is 0 Å². The third kappa shape index (κ3) is 3.47. The van der Waals surface area contributed by atoms with E-state index < -0.39 is 0 Å². The number of hydrogen-bond donors (Lipinski definition) is 1. The highest BCUT2D eigenvalue weighted by molar-refractivity contribution is 5.49. The van der Waals surface area contributed by atoms with Crippen molar-refractivity contribution < 1.29 is 4.74 Å². The molecule has 1 saturated heterocycles. The summed E-state index contributed by atoms with van der Waals surface area (Å²) in [5, 5.41) is 3.61. The van der Waals surface area contributed by atoms with Crippen molar-refractivity contribution in [1.82, 2.24) is 5.32 Å². The zero-order valence-electron chi connectivity index (χ0n) is 11.6. The third-order valence-corrected chi connectivity index (χ3v) is 3.34. The Morgan fingerprint density at radius 3 is 3.00 bits per heavy atom. The van der Waals surface area contributed by atoms with Crippen molar-refractivity contribution in [3.05, 3.63) is 29.8 Å². The van der Waals surface area contributed by atoms with Gasteiger partial charge in [-0.2, -0.15) is 0 Å². The number of methoxy groups -OCH3 is 1. The van der Waals surface area contributed by atoms with Gasteiger partial charge < -0.3 is 15.0 Å². The molecular formula is C15H24N2O.